The second-order valence-electron chi connectivity index (χ2n) is 4.79. The van der Waals surface area contributed by atoms with Crippen molar-refractivity contribution in [1.82, 2.24) is 0 Å². The quantitative estimate of drug-likeness (QED) is 0.430. The third kappa shape index (κ3) is 3.42. The number of aliphatic imine (C=N–C) groups is 1. The van der Waals surface area contributed by atoms with Crippen LogP contribution in [0, 0.1) is 24.0 Å². The van der Waals surface area contributed by atoms with Gasteiger partial charge in [-0.3, -0.25) is 15.1 Å². The predicted molar refractivity (Wildman–Crippen MR) is 93.0 cm³/mol. The first kappa shape index (κ1) is 17.5. The fraction of sp³-hybridized carbons (Fsp3) is 0.133. The van der Waals surface area contributed by atoms with E-state index in [1.807, 2.05) is 0 Å². The van der Waals surface area contributed by atoms with Gasteiger partial charge in [0.05, 0.1) is 25.7 Å². The van der Waals surface area contributed by atoms with Crippen LogP contribution in [0.3, 0.4) is 0 Å². The van der Waals surface area contributed by atoms with Gasteiger partial charge in [-0.2, -0.15) is 0 Å². The number of phenols is 1. The topological polar surface area (TPSA) is 75.7 Å². The van der Waals surface area contributed by atoms with Gasteiger partial charge < -0.3 is 5.11 Å². The lowest BCUT2D eigenvalue weighted by Crippen LogP contribution is -1.99. The molecule has 120 valence electrons. The maximum absolute atomic E-state index is 11.1. The molecule has 0 heterocycles. The maximum atomic E-state index is 11.1. The summed E-state index contributed by atoms with van der Waals surface area (Å²) >= 11 is 17.8. The number of aromatic hydroxyl groups is 1. The van der Waals surface area contributed by atoms with Gasteiger partial charge in [0.2, 0.25) is 5.75 Å². The van der Waals surface area contributed by atoms with Crippen molar-refractivity contribution < 1.29 is 10.0 Å². The van der Waals surface area contributed by atoms with Crippen LogP contribution in [0.1, 0.15) is 16.7 Å². The van der Waals surface area contributed by atoms with Crippen LogP contribution in [0.4, 0.5) is 11.4 Å². The lowest BCUT2D eigenvalue weighted by Gasteiger charge is -2.10. The average Bonchev–Trinajstić information content (AvgIpc) is 2.48. The summed E-state index contributed by atoms with van der Waals surface area (Å²) in [6.07, 6.45) is 1.31. The van der Waals surface area contributed by atoms with E-state index in [0.29, 0.717) is 21.3 Å². The van der Waals surface area contributed by atoms with E-state index in [2.05, 4.69) is 4.99 Å². The van der Waals surface area contributed by atoms with Crippen LogP contribution in [0.5, 0.6) is 5.75 Å². The van der Waals surface area contributed by atoms with Crippen molar-refractivity contribution in [2.24, 2.45) is 4.99 Å². The van der Waals surface area contributed by atoms with Crippen LogP contribution in [-0.4, -0.2) is 16.2 Å². The highest BCUT2D eigenvalue weighted by molar-refractivity contribution is 6.42. The van der Waals surface area contributed by atoms with Crippen LogP contribution in [0.2, 0.25) is 15.1 Å². The molecule has 0 unspecified atom stereocenters. The first-order valence-electron chi connectivity index (χ1n) is 6.39. The monoisotopic (exact) mass is 372 g/mol. The summed E-state index contributed by atoms with van der Waals surface area (Å²) in [6, 6.07) is 4.74. The van der Waals surface area contributed by atoms with Crippen LogP contribution >= 0.6 is 34.8 Å². The lowest BCUT2D eigenvalue weighted by atomic mass is 10.0. The molecule has 2 aromatic carbocycles. The van der Waals surface area contributed by atoms with E-state index in [1.54, 1.807) is 19.1 Å². The molecule has 23 heavy (non-hydrogen) atoms. The number of halogens is 3. The number of benzene rings is 2. The SMILES string of the molecule is Cc1c(Cl)c(C)c([N+](=O)[O-])c(O)c1C=Nc1ccc(Cl)c(Cl)c1. The van der Waals surface area contributed by atoms with Crippen LogP contribution in [-0.2, 0) is 0 Å². The normalized spacial score (nSPS) is 11.2. The van der Waals surface area contributed by atoms with Gasteiger partial charge >= 0.3 is 5.69 Å². The number of phenolic OH excluding ortho intramolecular Hbond substituents is 1. The third-order valence-electron chi connectivity index (χ3n) is 3.33. The third-order valence-corrected chi connectivity index (χ3v) is 4.63. The molecule has 0 saturated heterocycles. The summed E-state index contributed by atoms with van der Waals surface area (Å²) in [7, 11) is 0. The Morgan fingerprint density at radius 1 is 1.17 bits per heavy atom. The van der Waals surface area contributed by atoms with Crippen molar-refractivity contribution in [2.45, 2.75) is 13.8 Å². The Bertz CT molecular complexity index is 835. The van der Waals surface area contributed by atoms with Crippen molar-refractivity contribution in [1.29, 1.82) is 0 Å². The van der Waals surface area contributed by atoms with Crippen LogP contribution in [0.15, 0.2) is 23.2 Å². The highest BCUT2D eigenvalue weighted by Crippen LogP contribution is 2.40. The molecule has 1 N–H and O–H groups in total. The van der Waals surface area contributed by atoms with E-state index >= 15 is 0 Å². The molecule has 0 fully saturated rings. The number of nitro benzene ring substituents is 1. The summed E-state index contributed by atoms with van der Waals surface area (Å²) in [6.45, 7) is 3.13. The Hall–Kier alpha value is -1.82. The van der Waals surface area contributed by atoms with E-state index in [4.69, 9.17) is 34.8 Å². The van der Waals surface area contributed by atoms with Gasteiger partial charge in [-0.05, 0) is 37.6 Å². The molecule has 2 rings (SSSR count). The number of nitro groups is 1. The fourth-order valence-electron chi connectivity index (χ4n) is 2.07. The molecular weight excluding hydrogens is 363 g/mol. The van der Waals surface area contributed by atoms with Gasteiger partial charge in [-0.15, -0.1) is 0 Å². The van der Waals surface area contributed by atoms with Crippen LogP contribution in [0.25, 0.3) is 0 Å². The zero-order valence-corrected chi connectivity index (χ0v) is 14.4. The van der Waals surface area contributed by atoms with Gasteiger partial charge in [0.1, 0.15) is 0 Å². The molecule has 0 aliphatic carbocycles. The summed E-state index contributed by atoms with van der Waals surface area (Å²) in [5.74, 6) is -0.474. The highest BCUT2D eigenvalue weighted by Gasteiger charge is 2.25. The molecule has 0 bridgehead atoms. The molecule has 0 atom stereocenters. The molecule has 8 heteroatoms. The summed E-state index contributed by atoms with van der Waals surface area (Å²) in [5.41, 5.74) is 0.932. The van der Waals surface area contributed by atoms with Crippen molar-refractivity contribution in [3.8, 4) is 5.75 Å². The Kier molecular flexibility index (Phi) is 5.14. The summed E-state index contributed by atoms with van der Waals surface area (Å²) < 4.78 is 0. The van der Waals surface area contributed by atoms with E-state index in [0.717, 1.165) is 0 Å². The van der Waals surface area contributed by atoms with Crippen molar-refractivity contribution in [2.75, 3.05) is 0 Å². The molecule has 5 nitrogen and oxygen atoms in total. The second kappa shape index (κ2) is 6.74. The first-order valence-corrected chi connectivity index (χ1v) is 7.52. The number of hydrogen-bond acceptors (Lipinski definition) is 4. The Morgan fingerprint density at radius 2 is 1.83 bits per heavy atom. The van der Waals surface area contributed by atoms with Crippen molar-refractivity contribution >= 4 is 52.4 Å². The average molecular weight is 374 g/mol. The molecule has 0 aliphatic heterocycles. The highest BCUT2D eigenvalue weighted by atomic mass is 35.5. The lowest BCUT2D eigenvalue weighted by molar-refractivity contribution is -0.386. The van der Waals surface area contributed by atoms with Gasteiger partial charge in [0.25, 0.3) is 0 Å². The molecular formula is C15H11Cl3N2O3. The number of hydrogen-bond donors (Lipinski definition) is 1. The molecule has 0 spiro atoms. The Labute approximate surface area is 147 Å². The van der Waals surface area contributed by atoms with E-state index < -0.39 is 16.4 Å². The summed E-state index contributed by atoms with van der Waals surface area (Å²) in [5, 5.41) is 22.2. The summed E-state index contributed by atoms with van der Waals surface area (Å²) in [4.78, 5) is 14.6. The van der Waals surface area contributed by atoms with Gasteiger partial charge in [0, 0.05) is 17.3 Å². The minimum absolute atomic E-state index is 0.179. The zero-order chi connectivity index (χ0) is 17.3. The molecule has 0 amide bonds. The fourth-order valence-corrected chi connectivity index (χ4v) is 2.56. The van der Waals surface area contributed by atoms with Gasteiger partial charge in [-0.1, -0.05) is 34.8 Å². The van der Waals surface area contributed by atoms with Crippen LogP contribution < -0.4 is 0 Å². The Balaban J connectivity index is 2.57. The minimum Gasteiger partial charge on any atom is -0.502 e. The second-order valence-corrected chi connectivity index (χ2v) is 5.98. The molecule has 0 radical (unpaired) electrons. The zero-order valence-electron chi connectivity index (χ0n) is 12.1. The molecule has 0 saturated carbocycles. The standard InChI is InChI=1S/C15H11Cl3N2O3/c1-7-10(6-19-9-3-4-11(16)12(17)5-9)15(21)14(20(22)23)8(2)13(7)18/h3-6,21H,1-2H3. The van der Waals surface area contributed by atoms with Gasteiger partial charge in [-0.25, -0.2) is 0 Å². The van der Waals surface area contributed by atoms with E-state index in [9.17, 15) is 15.2 Å². The first-order chi connectivity index (χ1) is 10.7. The maximum Gasteiger partial charge on any atom is 0.315 e. The van der Waals surface area contributed by atoms with E-state index in [-0.39, 0.29) is 16.1 Å². The van der Waals surface area contributed by atoms with E-state index in [1.165, 1.54) is 19.2 Å². The van der Waals surface area contributed by atoms with Gasteiger partial charge in [0.15, 0.2) is 0 Å². The molecule has 0 aliphatic rings. The Morgan fingerprint density at radius 3 is 2.39 bits per heavy atom. The largest absolute Gasteiger partial charge is 0.502 e. The number of rotatable bonds is 3. The smallest absolute Gasteiger partial charge is 0.315 e. The van der Waals surface area contributed by atoms with Crippen molar-refractivity contribution in [3.05, 3.63) is 60.1 Å². The minimum atomic E-state index is -0.674. The molecule has 2 aromatic rings. The predicted octanol–water partition coefficient (Wildman–Crippen LogP) is 5.63. The van der Waals surface area contributed by atoms with Crippen molar-refractivity contribution in [3.63, 3.8) is 0 Å². The number of nitrogens with zero attached hydrogens (tertiary/aromatic N) is 2. The molecule has 0 aromatic heterocycles.